The fraction of sp³-hybridized carbons (Fsp3) is 0.583. The van der Waals surface area contributed by atoms with Crippen LogP contribution in [0.3, 0.4) is 0 Å². The lowest BCUT2D eigenvalue weighted by atomic mass is 10.1. The van der Waals surface area contributed by atoms with Crippen LogP contribution in [0.1, 0.15) is 48.8 Å². The number of aryl methyl sites for hydroxylation is 2. The lowest BCUT2D eigenvalue weighted by Gasteiger charge is -2.35. The Hall–Kier alpha value is -2.38. The Kier molecular flexibility index (Phi) is 8.09. The summed E-state index contributed by atoms with van der Waals surface area (Å²) in [6, 6.07) is 8.62. The van der Waals surface area contributed by atoms with Crippen molar-refractivity contribution in [1.82, 2.24) is 25.3 Å². The summed E-state index contributed by atoms with van der Waals surface area (Å²) in [5.74, 6) is 0.827. The highest BCUT2D eigenvalue weighted by molar-refractivity contribution is 5.79. The van der Waals surface area contributed by atoms with Crippen LogP contribution in [0.15, 0.2) is 29.3 Å². The first-order chi connectivity index (χ1) is 14.9. The number of morpholine rings is 1. The van der Waals surface area contributed by atoms with E-state index in [4.69, 9.17) is 9.73 Å². The van der Waals surface area contributed by atoms with Gasteiger partial charge >= 0.3 is 0 Å². The minimum Gasteiger partial charge on any atom is -0.373 e. The number of hydrogen-bond donors (Lipinski definition) is 2. The Balaban J connectivity index is 1.68. The van der Waals surface area contributed by atoms with Crippen LogP contribution >= 0.6 is 0 Å². The zero-order valence-corrected chi connectivity index (χ0v) is 19.9. The van der Waals surface area contributed by atoms with Gasteiger partial charge in [0.25, 0.3) is 0 Å². The molecule has 0 saturated carbocycles. The number of ether oxygens (including phenoxy) is 1. The molecular weight excluding hydrogens is 388 g/mol. The molecule has 0 spiro atoms. The molecule has 0 aliphatic carbocycles. The van der Waals surface area contributed by atoms with Crippen molar-refractivity contribution in [3.05, 3.63) is 52.3 Å². The SMILES string of the molecule is CCNC(=NCc1ccccc1CN1CC(C)OC(C)C1)NCc1c(C)nn(C)c1C. The summed E-state index contributed by atoms with van der Waals surface area (Å²) in [5, 5.41) is 11.3. The van der Waals surface area contributed by atoms with E-state index >= 15 is 0 Å². The molecule has 2 unspecified atom stereocenters. The van der Waals surface area contributed by atoms with Crippen LogP contribution in [0, 0.1) is 13.8 Å². The van der Waals surface area contributed by atoms with Crippen molar-refractivity contribution in [2.45, 2.75) is 66.5 Å². The number of hydrogen-bond acceptors (Lipinski definition) is 4. The largest absolute Gasteiger partial charge is 0.373 e. The lowest BCUT2D eigenvalue weighted by Crippen LogP contribution is -2.44. The summed E-state index contributed by atoms with van der Waals surface area (Å²) >= 11 is 0. The van der Waals surface area contributed by atoms with E-state index in [-0.39, 0.29) is 12.2 Å². The Morgan fingerprint density at radius 2 is 1.81 bits per heavy atom. The molecule has 1 aliphatic rings. The molecule has 1 aromatic heterocycles. The Bertz CT molecular complexity index is 880. The second kappa shape index (κ2) is 10.8. The van der Waals surface area contributed by atoms with E-state index in [2.05, 4.69) is 79.5 Å². The van der Waals surface area contributed by atoms with Gasteiger partial charge in [0.2, 0.25) is 0 Å². The van der Waals surface area contributed by atoms with E-state index in [1.165, 1.54) is 22.4 Å². The van der Waals surface area contributed by atoms with Gasteiger partial charge in [0.1, 0.15) is 0 Å². The highest BCUT2D eigenvalue weighted by atomic mass is 16.5. The quantitative estimate of drug-likeness (QED) is 0.526. The fourth-order valence-corrected chi connectivity index (χ4v) is 4.27. The zero-order chi connectivity index (χ0) is 22.4. The van der Waals surface area contributed by atoms with Crippen molar-refractivity contribution < 1.29 is 4.74 Å². The summed E-state index contributed by atoms with van der Waals surface area (Å²) in [5.41, 5.74) is 6.06. The second-order valence-electron chi connectivity index (χ2n) is 8.54. The summed E-state index contributed by atoms with van der Waals surface area (Å²) in [6.45, 7) is 15.6. The van der Waals surface area contributed by atoms with E-state index in [0.717, 1.165) is 37.8 Å². The van der Waals surface area contributed by atoms with Crippen molar-refractivity contribution in [3.8, 4) is 0 Å². The van der Waals surface area contributed by atoms with Gasteiger partial charge in [-0.15, -0.1) is 0 Å². The molecule has 2 heterocycles. The maximum atomic E-state index is 5.89. The van der Waals surface area contributed by atoms with Gasteiger partial charge in [0.05, 0.1) is 24.4 Å². The number of rotatable bonds is 7. The lowest BCUT2D eigenvalue weighted by molar-refractivity contribution is -0.0705. The molecule has 2 N–H and O–H groups in total. The van der Waals surface area contributed by atoms with E-state index in [9.17, 15) is 0 Å². The van der Waals surface area contributed by atoms with Crippen LogP contribution in [0.2, 0.25) is 0 Å². The minimum atomic E-state index is 0.276. The predicted molar refractivity (Wildman–Crippen MR) is 126 cm³/mol. The van der Waals surface area contributed by atoms with Gasteiger partial charge in [0, 0.05) is 51.0 Å². The van der Waals surface area contributed by atoms with Crippen molar-refractivity contribution >= 4 is 5.96 Å². The first-order valence-electron chi connectivity index (χ1n) is 11.3. The Labute approximate surface area is 186 Å². The smallest absolute Gasteiger partial charge is 0.191 e. The summed E-state index contributed by atoms with van der Waals surface area (Å²) in [7, 11) is 1.98. The van der Waals surface area contributed by atoms with Gasteiger partial charge in [-0.2, -0.15) is 5.10 Å². The maximum Gasteiger partial charge on any atom is 0.191 e. The van der Waals surface area contributed by atoms with E-state index in [1.54, 1.807) is 0 Å². The predicted octanol–water partition coefficient (Wildman–Crippen LogP) is 2.90. The molecule has 0 amide bonds. The van der Waals surface area contributed by atoms with Crippen LogP contribution in [0.5, 0.6) is 0 Å². The number of aliphatic imine (C=N–C) groups is 1. The van der Waals surface area contributed by atoms with Gasteiger partial charge < -0.3 is 15.4 Å². The van der Waals surface area contributed by atoms with Crippen molar-refractivity contribution in [1.29, 1.82) is 0 Å². The molecule has 31 heavy (non-hydrogen) atoms. The molecule has 1 saturated heterocycles. The summed E-state index contributed by atoms with van der Waals surface area (Å²) in [6.07, 6.45) is 0.552. The topological polar surface area (TPSA) is 66.7 Å². The van der Waals surface area contributed by atoms with Crippen LogP contribution in [-0.4, -0.2) is 52.5 Å². The normalized spacial score (nSPS) is 20.1. The molecule has 1 aromatic carbocycles. The molecule has 2 aromatic rings. The summed E-state index contributed by atoms with van der Waals surface area (Å²) < 4.78 is 7.82. The van der Waals surface area contributed by atoms with E-state index in [0.29, 0.717) is 13.1 Å². The Morgan fingerprint density at radius 3 is 2.42 bits per heavy atom. The average Bonchev–Trinajstić information content (AvgIpc) is 2.95. The van der Waals surface area contributed by atoms with Gasteiger partial charge in [-0.25, -0.2) is 4.99 Å². The molecule has 2 atom stereocenters. The molecule has 0 bridgehead atoms. The number of nitrogens with one attached hydrogen (secondary N) is 2. The van der Waals surface area contributed by atoms with Crippen LogP contribution in [-0.2, 0) is 31.4 Å². The van der Waals surface area contributed by atoms with Crippen molar-refractivity contribution in [2.24, 2.45) is 12.0 Å². The van der Waals surface area contributed by atoms with Crippen LogP contribution in [0.25, 0.3) is 0 Å². The summed E-state index contributed by atoms with van der Waals surface area (Å²) in [4.78, 5) is 7.36. The van der Waals surface area contributed by atoms with Gasteiger partial charge in [-0.1, -0.05) is 24.3 Å². The molecule has 7 nitrogen and oxygen atoms in total. The first-order valence-corrected chi connectivity index (χ1v) is 11.3. The van der Waals surface area contributed by atoms with Crippen LogP contribution in [0.4, 0.5) is 0 Å². The number of guanidine groups is 1. The maximum absolute atomic E-state index is 5.89. The Morgan fingerprint density at radius 1 is 1.13 bits per heavy atom. The number of benzene rings is 1. The fourth-order valence-electron chi connectivity index (χ4n) is 4.27. The first kappa shape index (κ1) is 23.3. The van der Waals surface area contributed by atoms with E-state index in [1.807, 2.05) is 11.7 Å². The van der Waals surface area contributed by atoms with Gasteiger partial charge in [-0.3, -0.25) is 9.58 Å². The molecule has 0 radical (unpaired) electrons. The molecule has 170 valence electrons. The second-order valence-corrected chi connectivity index (χ2v) is 8.54. The third-order valence-corrected chi connectivity index (χ3v) is 5.85. The molecule has 1 aliphatic heterocycles. The third kappa shape index (κ3) is 6.31. The standard InChI is InChI=1S/C24H38N6O/c1-7-25-24(27-13-23-19(4)28-29(6)20(23)5)26-12-21-10-8-9-11-22(21)16-30-14-17(2)31-18(3)15-30/h8-11,17-18H,7,12-16H2,1-6H3,(H2,25,26,27). The number of nitrogens with zero attached hydrogens (tertiary/aromatic N) is 4. The molecule has 7 heteroatoms. The molecule has 1 fully saturated rings. The van der Waals surface area contributed by atoms with E-state index < -0.39 is 0 Å². The van der Waals surface area contributed by atoms with Crippen LogP contribution < -0.4 is 10.6 Å². The van der Waals surface area contributed by atoms with Gasteiger partial charge in [-0.05, 0) is 45.7 Å². The third-order valence-electron chi connectivity index (χ3n) is 5.85. The van der Waals surface area contributed by atoms with Gasteiger partial charge in [0.15, 0.2) is 5.96 Å². The number of aromatic nitrogens is 2. The molecule has 3 rings (SSSR count). The minimum absolute atomic E-state index is 0.276. The monoisotopic (exact) mass is 426 g/mol. The zero-order valence-electron chi connectivity index (χ0n) is 19.9. The average molecular weight is 427 g/mol. The highest BCUT2D eigenvalue weighted by Gasteiger charge is 2.22. The van der Waals surface area contributed by atoms with Crippen molar-refractivity contribution in [2.75, 3.05) is 19.6 Å². The van der Waals surface area contributed by atoms with Crippen molar-refractivity contribution in [3.63, 3.8) is 0 Å². The highest BCUT2D eigenvalue weighted by Crippen LogP contribution is 2.18. The molecular formula is C24H38N6O.